The second-order valence-corrected chi connectivity index (χ2v) is 4.56. The van der Waals surface area contributed by atoms with Gasteiger partial charge in [-0.3, -0.25) is 0 Å². The van der Waals surface area contributed by atoms with Crippen LogP contribution in [0.25, 0.3) is 11.3 Å². The van der Waals surface area contributed by atoms with Crippen molar-refractivity contribution in [3.05, 3.63) is 40.8 Å². The minimum atomic E-state index is 1.07. The SMILES string of the molecule is Cc1cc(C)c(C)c(-c2cn(C)cn2)c1C. The second-order valence-electron chi connectivity index (χ2n) is 4.56. The molecule has 16 heavy (non-hydrogen) atoms. The van der Waals surface area contributed by atoms with E-state index in [1.54, 1.807) is 0 Å². The van der Waals surface area contributed by atoms with Crippen molar-refractivity contribution in [3.63, 3.8) is 0 Å². The van der Waals surface area contributed by atoms with Gasteiger partial charge in [0.05, 0.1) is 12.0 Å². The van der Waals surface area contributed by atoms with Crippen molar-refractivity contribution in [3.8, 4) is 11.3 Å². The quantitative estimate of drug-likeness (QED) is 0.712. The van der Waals surface area contributed by atoms with Crippen LogP contribution >= 0.6 is 0 Å². The van der Waals surface area contributed by atoms with E-state index in [4.69, 9.17) is 0 Å². The Kier molecular flexibility index (Phi) is 2.58. The summed E-state index contributed by atoms with van der Waals surface area (Å²) in [5.74, 6) is 0. The lowest BCUT2D eigenvalue weighted by Gasteiger charge is -2.13. The van der Waals surface area contributed by atoms with Gasteiger partial charge in [0.15, 0.2) is 0 Å². The van der Waals surface area contributed by atoms with Crippen LogP contribution < -0.4 is 0 Å². The Hall–Kier alpha value is -1.57. The standard InChI is InChI=1S/C14H18N2/c1-9-6-10(2)12(4)14(11(9)3)13-7-16(5)8-15-13/h6-8H,1-5H3. The molecule has 1 aromatic carbocycles. The molecule has 1 aromatic heterocycles. The Bertz CT molecular complexity index is 510. The molecular weight excluding hydrogens is 196 g/mol. The molecule has 84 valence electrons. The average molecular weight is 214 g/mol. The van der Waals surface area contributed by atoms with Crippen molar-refractivity contribution in [2.45, 2.75) is 27.7 Å². The highest BCUT2D eigenvalue weighted by Gasteiger charge is 2.12. The molecule has 0 unspecified atom stereocenters. The summed E-state index contributed by atoms with van der Waals surface area (Å²) < 4.78 is 1.99. The molecule has 0 aliphatic carbocycles. The molecule has 0 aliphatic heterocycles. The first kappa shape index (κ1) is 10.9. The third-order valence-electron chi connectivity index (χ3n) is 3.33. The molecule has 0 fully saturated rings. The van der Waals surface area contributed by atoms with Crippen molar-refractivity contribution in [2.75, 3.05) is 0 Å². The highest BCUT2D eigenvalue weighted by Crippen LogP contribution is 2.30. The Morgan fingerprint density at radius 2 is 1.56 bits per heavy atom. The molecule has 2 aromatic rings. The maximum Gasteiger partial charge on any atom is 0.0951 e. The summed E-state index contributed by atoms with van der Waals surface area (Å²) in [5, 5.41) is 0. The van der Waals surface area contributed by atoms with Crippen LogP contribution in [0.5, 0.6) is 0 Å². The number of hydrogen-bond donors (Lipinski definition) is 0. The Labute approximate surface area is 97.0 Å². The van der Waals surface area contributed by atoms with Crippen molar-refractivity contribution in [2.24, 2.45) is 7.05 Å². The molecule has 0 atom stereocenters. The number of rotatable bonds is 1. The fourth-order valence-corrected chi connectivity index (χ4v) is 2.14. The third kappa shape index (κ3) is 1.64. The van der Waals surface area contributed by atoms with Crippen molar-refractivity contribution >= 4 is 0 Å². The van der Waals surface area contributed by atoms with Gasteiger partial charge in [0, 0.05) is 18.8 Å². The summed E-state index contributed by atoms with van der Waals surface area (Å²) in [6.07, 6.45) is 3.93. The Balaban J connectivity index is 2.73. The van der Waals surface area contributed by atoms with Gasteiger partial charge < -0.3 is 4.57 Å². The van der Waals surface area contributed by atoms with E-state index >= 15 is 0 Å². The minimum absolute atomic E-state index is 1.07. The van der Waals surface area contributed by atoms with Gasteiger partial charge in [-0.1, -0.05) is 6.07 Å². The van der Waals surface area contributed by atoms with Gasteiger partial charge in [-0.05, 0) is 49.9 Å². The van der Waals surface area contributed by atoms with E-state index < -0.39 is 0 Å². The zero-order chi connectivity index (χ0) is 11.9. The smallest absolute Gasteiger partial charge is 0.0951 e. The molecule has 0 saturated heterocycles. The second kappa shape index (κ2) is 3.78. The van der Waals surface area contributed by atoms with E-state index in [0.717, 1.165) is 5.69 Å². The molecule has 0 radical (unpaired) electrons. The van der Waals surface area contributed by atoms with Gasteiger partial charge in [0.2, 0.25) is 0 Å². The number of nitrogens with zero attached hydrogens (tertiary/aromatic N) is 2. The van der Waals surface area contributed by atoms with Crippen LogP contribution in [0.1, 0.15) is 22.3 Å². The molecule has 2 heteroatoms. The predicted octanol–water partition coefficient (Wildman–Crippen LogP) is 3.32. The van der Waals surface area contributed by atoms with E-state index in [1.807, 2.05) is 17.9 Å². The highest BCUT2D eigenvalue weighted by molar-refractivity contribution is 5.70. The van der Waals surface area contributed by atoms with E-state index in [9.17, 15) is 0 Å². The summed E-state index contributed by atoms with van der Waals surface area (Å²) >= 11 is 0. The molecule has 0 bridgehead atoms. The maximum absolute atomic E-state index is 4.45. The highest BCUT2D eigenvalue weighted by atomic mass is 15.0. The van der Waals surface area contributed by atoms with Crippen LogP contribution in [-0.2, 0) is 7.05 Å². The number of aromatic nitrogens is 2. The summed E-state index contributed by atoms with van der Waals surface area (Å²) in [6.45, 7) is 8.67. The number of benzene rings is 1. The Morgan fingerprint density at radius 3 is 2.00 bits per heavy atom. The van der Waals surface area contributed by atoms with E-state index in [2.05, 4.69) is 44.9 Å². The fourth-order valence-electron chi connectivity index (χ4n) is 2.14. The van der Waals surface area contributed by atoms with Crippen LogP contribution in [0, 0.1) is 27.7 Å². The van der Waals surface area contributed by atoms with Gasteiger partial charge in [0.25, 0.3) is 0 Å². The average Bonchev–Trinajstić information content (AvgIpc) is 2.62. The molecule has 1 heterocycles. The van der Waals surface area contributed by atoms with Crippen LogP contribution in [0.3, 0.4) is 0 Å². The maximum atomic E-state index is 4.45. The molecule has 0 amide bonds. The monoisotopic (exact) mass is 214 g/mol. The van der Waals surface area contributed by atoms with Crippen molar-refractivity contribution in [1.82, 2.24) is 9.55 Å². The van der Waals surface area contributed by atoms with E-state index in [-0.39, 0.29) is 0 Å². The first-order valence-electron chi connectivity index (χ1n) is 5.56. The zero-order valence-electron chi connectivity index (χ0n) is 10.6. The first-order valence-corrected chi connectivity index (χ1v) is 5.56. The number of hydrogen-bond acceptors (Lipinski definition) is 1. The molecule has 0 saturated carbocycles. The molecule has 0 N–H and O–H groups in total. The molecule has 2 rings (SSSR count). The van der Waals surface area contributed by atoms with Crippen molar-refractivity contribution < 1.29 is 0 Å². The predicted molar refractivity (Wildman–Crippen MR) is 67.6 cm³/mol. The lowest BCUT2D eigenvalue weighted by Crippen LogP contribution is -1.95. The van der Waals surface area contributed by atoms with Gasteiger partial charge in [0.1, 0.15) is 0 Å². The van der Waals surface area contributed by atoms with Crippen molar-refractivity contribution in [1.29, 1.82) is 0 Å². The first-order chi connectivity index (χ1) is 7.50. The minimum Gasteiger partial charge on any atom is -0.340 e. The Morgan fingerprint density at radius 1 is 1.00 bits per heavy atom. The third-order valence-corrected chi connectivity index (χ3v) is 3.33. The van der Waals surface area contributed by atoms with Gasteiger partial charge in [-0.25, -0.2) is 4.98 Å². The lowest BCUT2D eigenvalue weighted by atomic mass is 9.93. The summed E-state index contributed by atoms with van der Waals surface area (Å²) in [6, 6.07) is 2.25. The molecule has 0 spiro atoms. The van der Waals surface area contributed by atoms with Gasteiger partial charge in [-0.15, -0.1) is 0 Å². The van der Waals surface area contributed by atoms with Crippen LogP contribution in [-0.4, -0.2) is 9.55 Å². The largest absolute Gasteiger partial charge is 0.340 e. The van der Waals surface area contributed by atoms with Gasteiger partial charge >= 0.3 is 0 Å². The van der Waals surface area contributed by atoms with Crippen LogP contribution in [0.4, 0.5) is 0 Å². The fraction of sp³-hybridized carbons (Fsp3) is 0.357. The van der Waals surface area contributed by atoms with Crippen LogP contribution in [0.15, 0.2) is 18.6 Å². The summed E-state index contributed by atoms with van der Waals surface area (Å²) in [4.78, 5) is 4.45. The van der Waals surface area contributed by atoms with E-state index in [0.29, 0.717) is 0 Å². The topological polar surface area (TPSA) is 17.8 Å². The van der Waals surface area contributed by atoms with Gasteiger partial charge in [-0.2, -0.15) is 0 Å². The number of aryl methyl sites for hydroxylation is 3. The van der Waals surface area contributed by atoms with Crippen LogP contribution in [0.2, 0.25) is 0 Å². The zero-order valence-corrected chi connectivity index (χ0v) is 10.6. The summed E-state index contributed by atoms with van der Waals surface area (Å²) in [7, 11) is 2.00. The number of imidazole rings is 1. The molecule has 0 aliphatic rings. The molecular formula is C14H18N2. The normalized spacial score (nSPS) is 10.8. The van der Waals surface area contributed by atoms with E-state index in [1.165, 1.54) is 27.8 Å². The lowest BCUT2D eigenvalue weighted by molar-refractivity contribution is 0.913. The molecule has 2 nitrogen and oxygen atoms in total. The summed E-state index contributed by atoms with van der Waals surface area (Å²) in [5.41, 5.74) is 7.71.